The van der Waals surface area contributed by atoms with Gasteiger partial charge in [-0.2, -0.15) is 4.31 Å². The third-order valence-electron chi connectivity index (χ3n) is 5.71. The lowest BCUT2D eigenvalue weighted by atomic mass is 10.1. The van der Waals surface area contributed by atoms with Crippen molar-refractivity contribution in [1.29, 1.82) is 0 Å². The number of hydrogen-bond donors (Lipinski definition) is 1. The Labute approximate surface area is 173 Å². The van der Waals surface area contributed by atoms with Gasteiger partial charge in [-0.1, -0.05) is 6.92 Å². The van der Waals surface area contributed by atoms with Gasteiger partial charge in [-0.25, -0.2) is 17.6 Å². The number of piperazine rings is 1. The molecule has 0 bridgehead atoms. The number of anilines is 1. The van der Waals surface area contributed by atoms with Crippen LogP contribution >= 0.6 is 0 Å². The molecule has 0 unspecified atom stereocenters. The fourth-order valence-electron chi connectivity index (χ4n) is 4.00. The Morgan fingerprint density at radius 3 is 2.43 bits per heavy atom. The molecule has 1 N–H and O–H groups in total. The van der Waals surface area contributed by atoms with Crippen LogP contribution in [0.2, 0.25) is 0 Å². The zero-order chi connectivity index (χ0) is 21.6. The summed E-state index contributed by atoms with van der Waals surface area (Å²) in [4.78, 5) is 25.8. The second-order valence-electron chi connectivity index (χ2n) is 7.84. The van der Waals surface area contributed by atoms with Crippen LogP contribution in [0.25, 0.3) is 10.9 Å². The highest BCUT2D eigenvalue weighted by atomic mass is 32.2. The van der Waals surface area contributed by atoms with Crippen molar-refractivity contribution in [3.8, 4) is 0 Å². The van der Waals surface area contributed by atoms with Gasteiger partial charge in [0.2, 0.25) is 15.5 Å². The van der Waals surface area contributed by atoms with E-state index in [0.717, 1.165) is 18.9 Å². The Bertz CT molecular complexity index is 1170. The molecule has 1 aromatic heterocycles. The number of hydrogen-bond acceptors (Lipinski definition) is 5. The lowest BCUT2D eigenvalue weighted by Gasteiger charge is -2.35. The van der Waals surface area contributed by atoms with E-state index in [1.807, 2.05) is 6.92 Å². The largest absolute Gasteiger partial charge is 0.477 e. The predicted molar refractivity (Wildman–Crippen MR) is 111 cm³/mol. The smallest absolute Gasteiger partial charge is 0.341 e. The molecule has 1 saturated carbocycles. The zero-order valence-electron chi connectivity index (χ0n) is 16.7. The number of benzene rings is 1. The van der Waals surface area contributed by atoms with E-state index < -0.39 is 27.2 Å². The summed E-state index contributed by atoms with van der Waals surface area (Å²) < 4.78 is 42.7. The molecular weight excluding hydrogens is 413 g/mol. The number of sulfonamides is 1. The molecule has 0 amide bonds. The summed E-state index contributed by atoms with van der Waals surface area (Å²) in [6.45, 7) is 3.03. The molecule has 8 nitrogen and oxygen atoms in total. The maximum absolute atomic E-state index is 14.9. The Kier molecular flexibility index (Phi) is 5.31. The van der Waals surface area contributed by atoms with Crippen molar-refractivity contribution in [3.63, 3.8) is 0 Å². The molecule has 0 spiro atoms. The molecule has 4 rings (SSSR count). The first-order valence-corrected chi connectivity index (χ1v) is 11.7. The van der Waals surface area contributed by atoms with Crippen LogP contribution in [0.4, 0.5) is 10.1 Å². The first-order valence-electron chi connectivity index (χ1n) is 10.1. The van der Waals surface area contributed by atoms with E-state index in [2.05, 4.69) is 0 Å². The average Bonchev–Trinajstić information content (AvgIpc) is 3.53. The van der Waals surface area contributed by atoms with E-state index in [9.17, 15) is 27.5 Å². The summed E-state index contributed by atoms with van der Waals surface area (Å²) in [5.41, 5.74) is -0.261. The summed E-state index contributed by atoms with van der Waals surface area (Å²) in [5.74, 6) is -1.85. The van der Waals surface area contributed by atoms with E-state index >= 15 is 0 Å². The van der Waals surface area contributed by atoms with Crippen LogP contribution in [0.15, 0.2) is 23.1 Å². The van der Waals surface area contributed by atoms with E-state index in [4.69, 9.17) is 0 Å². The number of carbonyl (C=O) groups is 1. The minimum absolute atomic E-state index is 0.0483. The van der Waals surface area contributed by atoms with Crippen molar-refractivity contribution in [2.24, 2.45) is 0 Å². The monoisotopic (exact) mass is 437 g/mol. The summed E-state index contributed by atoms with van der Waals surface area (Å²) >= 11 is 0. The molecule has 2 fully saturated rings. The number of pyridine rings is 1. The molecule has 0 radical (unpaired) electrons. The van der Waals surface area contributed by atoms with Crippen molar-refractivity contribution >= 4 is 32.6 Å². The molecule has 1 aromatic carbocycles. The topological polar surface area (TPSA) is 99.9 Å². The Hall–Kier alpha value is -2.46. The molecule has 10 heteroatoms. The first-order chi connectivity index (χ1) is 14.2. The van der Waals surface area contributed by atoms with Gasteiger partial charge in [-0.15, -0.1) is 0 Å². The highest BCUT2D eigenvalue weighted by molar-refractivity contribution is 7.89. The van der Waals surface area contributed by atoms with E-state index in [1.54, 1.807) is 15.5 Å². The second kappa shape index (κ2) is 7.66. The maximum atomic E-state index is 14.9. The molecule has 0 atom stereocenters. The number of carboxylic acids is 1. The van der Waals surface area contributed by atoms with Crippen LogP contribution in [0.1, 0.15) is 42.6 Å². The molecule has 1 saturated heterocycles. The predicted octanol–water partition coefficient (Wildman–Crippen LogP) is 2.04. The van der Waals surface area contributed by atoms with Gasteiger partial charge in [0, 0.05) is 43.8 Å². The maximum Gasteiger partial charge on any atom is 0.341 e. The number of halogens is 1. The molecule has 2 heterocycles. The van der Waals surface area contributed by atoms with Gasteiger partial charge in [-0.05, 0) is 31.4 Å². The standard InChI is InChI=1S/C20H24FN3O5S/c1-2-9-30(28,29)23-7-5-22(6-8-23)18-11-17-14(10-16(18)21)19(25)15(20(26)27)12-24(17)13-3-4-13/h10-13H,2-9H2,1H3,(H,26,27). The van der Waals surface area contributed by atoms with Crippen LogP contribution in [-0.2, 0) is 10.0 Å². The van der Waals surface area contributed by atoms with Gasteiger partial charge in [0.1, 0.15) is 11.4 Å². The number of carboxylic acid groups (broad SMARTS) is 1. The Balaban J connectivity index is 1.71. The first kappa shape index (κ1) is 20.8. The van der Waals surface area contributed by atoms with Gasteiger partial charge in [-0.3, -0.25) is 4.79 Å². The second-order valence-corrected chi connectivity index (χ2v) is 9.93. The number of rotatable bonds is 6. The highest BCUT2D eigenvalue weighted by Crippen LogP contribution is 2.38. The molecule has 2 aliphatic rings. The Morgan fingerprint density at radius 2 is 1.87 bits per heavy atom. The molecule has 1 aliphatic heterocycles. The van der Waals surface area contributed by atoms with Crippen molar-refractivity contribution in [3.05, 3.63) is 39.9 Å². The van der Waals surface area contributed by atoms with E-state index in [1.165, 1.54) is 10.5 Å². The number of fused-ring (bicyclic) bond motifs is 1. The number of aromatic nitrogens is 1. The van der Waals surface area contributed by atoms with Crippen LogP contribution in [0.3, 0.4) is 0 Å². The van der Waals surface area contributed by atoms with E-state index in [-0.39, 0.29) is 35.8 Å². The summed E-state index contributed by atoms with van der Waals surface area (Å²) in [6.07, 6.45) is 3.63. The summed E-state index contributed by atoms with van der Waals surface area (Å²) in [7, 11) is -3.30. The van der Waals surface area contributed by atoms with Crippen molar-refractivity contribution in [2.45, 2.75) is 32.2 Å². The lowest BCUT2D eigenvalue weighted by molar-refractivity contribution is 0.0695. The molecule has 162 valence electrons. The van der Waals surface area contributed by atoms with Gasteiger partial charge < -0.3 is 14.6 Å². The van der Waals surface area contributed by atoms with E-state index in [0.29, 0.717) is 30.7 Å². The third kappa shape index (κ3) is 3.69. The normalized spacial score (nSPS) is 18.1. The summed E-state index contributed by atoms with van der Waals surface area (Å²) in [5, 5.41) is 9.39. The van der Waals surface area contributed by atoms with Crippen molar-refractivity contribution in [1.82, 2.24) is 8.87 Å². The third-order valence-corrected chi connectivity index (χ3v) is 7.78. The molecule has 1 aliphatic carbocycles. The van der Waals surface area contributed by atoms with Gasteiger partial charge >= 0.3 is 5.97 Å². The van der Waals surface area contributed by atoms with Crippen molar-refractivity contribution in [2.75, 3.05) is 36.8 Å². The minimum Gasteiger partial charge on any atom is -0.477 e. The molecule has 30 heavy (non-hydrogen) atoms. The zero-order valence-corrected chi connectivity index (χ0v) is 17.5. The number of nitrogens with zero attached hydrogens (tertiary/aromatic N) is 3. The molecular formula is C20H24FN3O5S. The fraction of sp³-hybridized carbons (Fsp3) is 0.500. The lowest BCUT2D eigenvalue weighted by Crippen LogP contribution is -2.49. The number of aromatic carboxylic acids is 1. The molecule has 2 aromatic rings. The van der Waals surface area contributed by atoms with Gasteiger partial charge in [0.05, 0.1) is 17.0 Å². The fourth-order valence-corrected chi connectivity index (χ4v) is 5.50. The Morgan fingerprint density at radius 1 is 1.20 bits per heavy atom. The van der Waals surface area contributed by atoms with Crippen LogP contribution in [0, 0.1) is 5.82 Å². The minimum atomic E-state index is -3.30. The van der Waals surface area contributed by atoms with Crippen LogP contribution in [-0.4, -0.2) is 60.3 Å². The van der Waals surface area contributed by atoms with Crippen LogP contribution < -0.4 is 10.3 Å². The highest BCUT2D eigenvalue weighted by Gasteiger charge is 2.30. The van der Waals surface area contributed by atoms with Crippen LogP contribution in [0.5, 0.6) is 0 Å². The van der Waals surface area contributed by atoms with Crippen molar-refractivity contribution < 1.29 is 22.7 Å². The van der Waals surface area contributed by atoms with Gasteiger partial charge in [0.15, 0.2) is 0 Å². The quantitative estimate of drug-likeness (QED) is 0.742. The summed E-state index contributed by atoms with van der Waals surface area (Å²) in [6, 6.07) is 2.80. The van der Waals surface area contributed by atoms with Gasteiger partial charge in [0.25, 0.3) is 0 Å². The average molecular weight is 437 g/mol. The SMILES string of the molecule is CCCS(=O)(=O)N1CCN(c2cc3c(cc2F)c(=O)c(C(=O)O)cn3C2CC2)CC1.